The highest BCUT2D eigenvalue weighted by atomic mass is 19.1. The molecule has 24 heavy (non-hydrogen) atoms. The average Bonchev–Trinajstić information content (AvgIpc) is 2.91. The van der Waals surface area contributed by atoms with Gasteiger partial charge in [0.1, 0.15) is 17.4 Å². The van der Waals surface area contributed by atoms with Crippen molar-refractivity contribution in [2.45, 2.75) is 24.6 Å². The van der Waals surface area contributed by atoms with Crippen LogP contribution in [0, 0.1) is 11.6 Å². The molecule has 2 aliphatic rings. The third-order valence-corrected chi connectivity index (χ3v) is 4.69. The highest BCUT2D eigenvalue weighted by molar-refractivity contribution is 5.97. The minimum absolute atomic E-state index is 0.165. The third kappa shape index (κ3) is 2.76. The summed E-state index contributed by atoms with van der Waals surface area (Å²) in [6, 6.07) is 1.34. The lowest BCUT2D eigenvalue weighted by atomic mass is 9.97. The lowest BCUT2D eigenvalue weighted by molar-refractivity contribution is -0.143. The summed E-state index contributed by atoms with van der Waals surface area (Å²) in [5.41, 5.74) is -1.57. The van der Waals surface area contributed by atoms with Gasteiger partial charge in [-0.2, -0.15) is 0 Å². The number of hydrogen-bond acceptors (Lipinski definition) is 4. The second-order valence-electron chi connectivity index (χ2n) is 6.21. The summed E-state index contributed by atoms with van der Waals surface area (Å²) >= 11 is 0. The molecule has 1 aromatic rings. The smallest absolute Gasteiger partial charge is 0.328 e. The Kier molecular flexibility index (Phi) is 4.27. The Morgan fingerprint density at radius 3 is 2.58 bits per heavy atom. The zero-order valence-corrected chi connectivity index (χ0v) is 13.2. The summed E-state index contributed by atoms with van der Waals surface area (Å²) in [5.74, 6) is -3.73. The second-order valence-corrected chi connectivity index (χ2v) is 6.21. The van der Waals surface area contributed by atoms with Gasteiger partial charge in [0, 0.05) is 25.9 Å². The van der Waals surface area contributed by atoms with Gasteiger partial charge >= 0.3 is 5.97 Å². The summed E-state index contributed by atoms with van der Waals surface area (Å²) in [5, 5.41) is 9.42. The minimum atomic E-state index is -1.23. The molecule has 1 aromatic carbocycles. The van der Waals surface area contributed by atoms with Gasteiger partial charge in [0.15, 0.2) is 6.04 Å². The quantitative estimate of drug-likeness (QED) is 0.879. The van der Waals surface area contributed by atoms with Crippen LogP contribution in [0.3, 0.4) is 0 Å². The van der Waals surface area contributed by atoms with E-state index < -0.39 is 40.8 Å². The van der Waals surface area contributed by atoms with Crippen molar-refractivity contribution in [2.24, 2.45) is 0 Å². The van der Waals surface area contributed by atoms with Gasteiger partial charge in [0.25, 0.3) is 5.91 Å². The van der Waals surface area contributed by atoms with Gasteiger partial charge < -0.3 is 14.7 Å². The van der Waals surface area contributed by atoms with Crippen LogP contribution in [0.5, 0.6) is 0 Å². The van der Waals surface area contributed by atoms with Crippen molar-refractivity contribution >= 4 is 11.9 Å². The first kappa shape index (κ1) is 16.8. The van der Waals surface area contributed by atoms with E-state index in [-0.39, 0.29) is 6.61 Å². The molecule has 1 N–H and O–H groups in total. The number of likely N-dealkylation sites (tertiary alicyclic amines) is 1. The molecule has 130 valence electrons. The van der Waals surface area contributed by atoms with E-state index >= 15 is 0 Å². The van der Waals surface area contributed by atoms with Crippen molar-refractivity contribution in [2.75, 3.05) is 26.7 Å². The minimum Gasteiger partial charge on any atom is -0.480 e. The molecule has 0 bridgehead atoms. The lowest BCUT2D eigenvalue weighted by Crippen LogP contribution is -2.57. The van der Waals surface area contributed by atoms with E-state index in [1.165, 1.54) is 0 Å². The average molecular weight is 340 g/mol. The molecule has 2 heterocycles. The number of piperidine rings is 1. The number of benzene rings is 1. The Morgan fingerprint density at radius 1 is 1.29 bits per heavy atom. The molecule has 1 spiro atoms. The van der Waals surface area contributed by atoms with E-state index in [9.17, 15) is 23.5 Å². The molecule has 2 saturated heterocycles. The second kappa shape index (κ2) is 6.10. The van der Waals surface area contributed by atoms with Gasteiger partial charge in [-0.25, -0.2) is 13.6 Å². The number of amides is 1. The van der Waals surface area contributed by atoms with Crippen LogP contribution in [0.2, 0.25) is 0 Å². The summed E-state index contributed by atoms with van der Waals surface area (Å²) in [4.78, 5) is 27.5. The molecular formula is C16H18F2N2O4. The molecule has 0 radical (unpaired) electrons. The zero-order chi connectivity index (χ0) is 17.5. The summed E-state index contributed by atoms with van der Waals surface area (Å²) in [6.07, 6.45) is 0.825. The van der Waals surface area contributed by atoms with Gasteiger partial charge in [-0.3, -0.25) is 9.69 Å². The maximum atomic E-state index is 14.0. The van der Waals surface area contributed by atoms with Crippen molar-refractivity contribution in [3.05, 3.63) is 35.4 Å². The molecule has 0 aromatic heterocycles. The Morgan fingerprint density at radius 2 is 1.96 bits per heavy atom. The fourth-order valence-electron chi connectivity index (χ4n) is 3.31. The predicted octanol–water partition coefficient (Wildman–Crippen LogP) is 1.31. The maximum absolute atomic E-state index is 14.0. The number of rotatable bonds is 2. The van der Waals surface area contributed by atoms with Crippen LogP contribution < -0.4 is 0 Å². The number of aliphatic carboxylic acids is 1. The molecule has 0 aliphatic carbocycles. The topological polar surface area (TPSA) is 70.1 Å². The van der Waals surface area contributed by atoms with Crippen LogP contribution in [0.25, 0.3) is 0 Å². The number of ether oxygens (including phenoxy) is 1. The number of carbonyl (C=O) groups is 2. The van der Waals surface area contributed by atoms with Crippen molar-refractivity contribution in [1.29, 1.82) is 0 Å². The van der Waals surface area contributed by atoms with Crippen molar-refractivity contribution in [1.82, 2.24) is 9.80 Å². The first-order chi connectivity index (χ1) is 11.3. The van der Waals surface area contributed by atoms with Crippen LogP contribution in [-0.2, 0) is 9.53 Å². The van der Waals surface area contributed by atoms with Crippen LogP contribution >= 0.6 is 0 Å². The first-order valence-corrected chi connectivity index (χ1v) is 7.68. The van der Waals surface area contributed by atoms with Gasteiger partial charge in [-0.05, 0) is 25.2 Å². The van der Waals surface area contributed by atoms with E-state index in [0.717, 1.165) is 23.1 Å². The largest absolute Gasteiger partial charge is 0.480 e. The van der Waals surface area contributed by atoms with Crippen molar-refractivity contribution in [3.8, 4) is 0 Å². The maximum Gasteiger partial charge on any atom is 0.328 e. The fourth-order valence-corrected chi connectivity index (χ4v) is 3.31. The number of hydrogen-bond donors (Lipinski definition) is 1. The molecule has 2 aliphatic heterocycles. The van der Waals surface area contributed by atoms with Crippen LogP contribution in [-0.4, -0.2) is 65.3 Å². The summed E-state index contributed by atoms with van der Waals surface area (Å²) in [6.45, 7) is 1.06. The first-order valence-electron chi connectivity index (χ1n) is 7.68. The van der Waals surface area contributed by atoms with E-state index in [0.29, 0.717) is 25.9 Å². The molecular weight excluding hydrogens is 322 g/mol. The van der Waals surface area contributed by atoms with Gasteiger partial charge in [-0.15, -0.1) is 0 Å². The van der Waals surface area contributed by atoms with Crippen LogP contribution in [0.4, 0.5) is 8.78 Å². The van der Waals surface area contributed by atoms with E-state index in [4.69, 9.17) is 4.74 Å². The number of carboxylic acids is 1. The summed E-state index contributed by atoms with van der Waals surface area (Å²) in [7, 11) is 1.91. The molecule has 8 heteroatoms. The van der Waals surface area contributed by atoms with Crippen LogP contribution in [0.1, 0.15) is 23.2 Å². The predicted molar refractivity (Wildman–Crippen MR) is 79.4 cm³/mol. The monoisotopic (exact) mass is 340 g/mol. The van der Waals surface area contributed by atoms with Gasteiger partial charge in [0.2, 0.25) is 0 Å². The van der Waals surface area contributed by atoms with E-state index in [1.54, 1.807) is 0 Å². The summed E-state index contributed by atoms with van der Waals surface area (Å²) < 4.78 is 33.2. The number of halogens is 2. The van der Waals surface area contributed by atoms with Gasteiger partial charge in [-0.1, -0.05) is 0 Å². The number of nitrogens with zero attached hydrogens (tertiary/aromatic N) is 2. The molecule has 2 fully saturated rings. The molecule has 0 unspecified atom stereocenters. The molecule has 6 nitrogen and oxygen atoms in total. The third-order valence-electron chi connectivity index (χ3n) is 4.69. The zero-order valence-electron chi connectivity index (χ0n) is 13.2. The normalized spacial score (nSPS) is 23.6. The van der Waals surface area contributed by atoms with E-state index in [2.05, 4.69) is 0 Å². The Balaban J connectivity index is 2.00. The lowest BCUT2D eigenvalue weighted by Gasteiger charge is -2.43. The number of carboxylic acid groups (broad SMARTS) is 1. The van der Waals surface area contributed by atoms with Crippen molar-refractivity contribution < 1.29 is 28.2 Å². The van der Waals surface area contributed by atoms with Crippen LogP contribution in [0.15, 0.2) is 18.2 Å². The van der Waals surface area contributed by atoms with Crippen molar-refractivity contribution in [3.63, 3.8) is 0 Å². The Labute approximate surface area is 137 Å². The van der Waals surface area contributed by atoms with Gasteiger partial charge in [0.05, 0.1) is 12.2 Å². The standard InChI is InChI=1S/C16H18F2N2O4/c1-19-6-4-16(5-7-19)20(13(9-24-16)15(22)23)14(21)11-8-10(17)2-3-12(11)18/h2-3,8,13H,4-7,9H2,1H3,(H,22,23)/t13-/m1/s1. The SMILES string of the molecule is CN1CCC2(CC1)OC[C@H](C(=O)O)N2C(=O)c1cc(F)ccc1F. The number of carbonyl (C=O) groups excluding carboxylic acids is 1. The molecule has 0 saturated carbocycles. The fraction of sp³-hybridized carbons (Fsp3) is 0.500. The Bertz CT molecular complexity index is 674. The highest BCUT2D eigenvalue weighted by Gasteiger charge is 2.54. The highest BCUT2D eigenvalue weighted by Crippen LogP contribution is 2.38. The molecule has 3 rings (SSSR count). The molecule has 1 amide bonds. The Hall–Kier alpha value is -2.06. The van der Waals surface area contributed by atoms with E-state index in [1.807, 2.05) is 11.9 Å². The molecule has 1 atom stereocenters.